The molecule has 1 atom stereocenters. The van der Waals surface area contributed by atoms with Crippen molar-refractivity contribution in [2.45, 2.75) is 32.2 Å². The van der Waals surface area contributed by atoms with Gasteiger partial charge >= 0.3 is 0 Å². The summed E-state index contributed by atoms with van der Waals surface area (Å²) >= 11 is 0. The van der Waals surface area contributed by atoms with Crippen LogP contribution in [0.15, 0.2) is 42.5 Å². The molecule has 1 unspecified atom stereocenters. The second-order valence-corrected chi connectivity index (χ2v) is 8.09. The van der Waals surface area contributed by atoms with E-state index in [0.717, 1.165) is 18.4 Å². The van der Waals surface area contributed by atoms with E-state index in [2.05, 4.69) is 10.4 Å². The lowest BCUT2D eigenvalue weighted by molar-refractivity contribution is 0.0934. The van der Waals surface area contributed by atoms with Crippen molar-refractivity contribution in [2.24, 2.45) is 5.92 Å². The maximum absolute atomic E-state index is 13.3. The Morgan fingerprint density at radius 1 is 1.25 bits per heavy atom. The Bertz CT molecular complexity index is 1080. The van der Waals surface area contributed by atoms with Crippen LogP contribution >= 0.6 is 0 Å². The van der Waals surface area contributed by atoms with Gasteiger partial charge in [0.05, 0.1) is 12.3 Å². The number of aromatic nitrogens is 2. The molecule has 8 heteroatoms. The molecule has 2 aliphatic rings. The van der Waals surface area contributed by atoms with Crippen LogP contribution in [0.3, 0.4) is 0 Å². The number of benzene rings is 1. The number of hydrogen-bond donors (Lipinski definition) is 2. The summed E-state index contributed by atoms with van der Waals surface area (Å²) < 4.78 is 12.3. The monoisotopic (exact) mass is 436 g/mol. The number of anilines is 1. The number of allylic oxidation sites excluding steroid dienone is 4. The maximum Gasteiger partial charge on any atom is 0.251 e. The number of aryl methyl sites for hydroxylation is 1. The number of methoxy groups -OCH3 is 1. The Morgan fingerprint density at radius 3 is 2.75 bits per heavy atom. The first-order chi connectivity index (χ1) is 15.5. The minimum atomic E-state index is -0.332. The average molecular weight is 437 g/mol. The summed E-state index contributed by atoms with van der Waals surface area (Å²) in [5.41, 5.74) is 8.72. The molecular weight excluding hydrogens is 408 g/mol. The normalized spacial score (nSPS) is 17.4. The summed E-state index contributed by atoms with van der Waals surface area (Å²) in [7, 11) is 1.57. The molecule has 0 radical (unpaired) electrons. The Morgan fingerprint density at radius 2 is 2.06 bits per heavy atom. The van der Waals surface area contributed by atoms with Gasteiger partial charge in [-0.3, -0.25) is 9.59 Å². The fourth-order valence-corrected chi connectivity index (χ4v) is 3.58. The van der Waals surface area contributed by atoms with Gasteiger partial charge in [-0.05, 0) is 43.9 Å². The highest BCUT2D eigenvalue weighted by Crippen LogP contribution is 2.32. The highest BCUT2D eigenvalue weighted by Gasteiger charge is 2.30. The van der Waals surface area contributed by atoms with E-state index in [0.29, 0.717) is 24.3 Å². The summed E-state index contributed by atoms with van der Waals surface area (Å²) in [6.07, 6.45) is 10.2. The van der Waals surface area contributed by atoms with Crippen LogP contribution in [-0.4, -0.2) is 47.8 Å². The molecule has 8 nitrogen and oxygen atoms in total. The number of ether oxygens (including phenoxy) is 2. The molecular formula is C24H28N4O4. The second-order valence-electron chi connectivity index (χ2n) is 8.09. The van der Waals surface area contributed by atoms with E-state index in [-0.39, 0.29) is 47.5 Å². The molecule has 1 aromatic carbocycles. The van der Waals surface area contributed by atoms with E-state index in [1.807, 2.05) is 37.3 Å². The first-order valence-corrected chi connectivity index (χ1v) is 10.8. The van der Waals surface area contributed by atoms with Gasteiger partial charge in [0.2, 0.25) is 5.88 Å². The van der Waals surface area contributed by atoms with Crippen LogP contribution in [0.25, 0.3) is 5.69 Å². The molecule has 0 saturated heterocycles. The Kier molecular flexibility index (Phi) is 6.41. The molecule has 168 valence electrons. The first kappa shape index (κ1) is 21.8. The van der Waals surface area contributed by atoms with Gasteiger partial charge in [-0.1, -0.05) is 30.4 Å². The number of nitrogens with zero attached hydrogens (tertiary/aromatic N) is 2. The Labute approximate surface area is 187 Å². The second kappa shape index (κ2) is 9.40. The van der Waals surface area contributed by atoms with Gasteiger partial charge in [0, 0.05) is 24.6 Å². The number of nitrogens with two attached hydrogens (primary N) is 1. The minimum absolute atomic E-state index is 0.133. The molecule has 2 aliphatic carbocycles. The topological polar surface area (TPSA) is 108 Å². The van der Waals surface area contributed by atoms with E-state index < -0.39 is 0 Å². The molecule has 1 heterocycles. The fraction of sp³-hybridized carbons (Fsp3) is 0.375. The van der Waals surface area contributed by atoms with Crippen molar-refractivity contribution in [1.82, 2.24) is 15.1 Å². The third kappa shape index (κ3) is 4.60. The van der Waals surface area contributed by atoms with Gasteiger partial charge in [0.15, 0.2) is 5.78 Å². The van der Waals surface area contributed by atoms with Crippen LogP contribution in [-0.2, 0) is 4.74 Å². The van der Waals surface area contributed by atoms with Gasteiger partial charge in [0.1, 0.15) is 18.0 Å². The smallest absolute Gasteiger partial charge is 0.251 e. The molecule has 2 aromatic rings. The van der Waals surface area contributed by atoms with Crippen LogP contribution in [0.5, 0.6) is 5.88 Å². The quantitative estimate of drug-likeness (QED) is 0.462. The molecule has 1 aromatic heterocycles. The van der Waals surface area contributed by atoms with Crippen molar-refractivity contribution in [3.05, 3.63) is 59.2 Å². The van der Waals surface area contributed by atoms with E-state index >= 15 is 0 Å². The van der Waals surface area contributed by atoms with Gasteiger partial charge < -0.3 is 20.5 Å². The lowest BCUT2D eigenvalue weighted by Gasteiger charge is -2.13. The summed E-state index contributed by atoms with van der Waals surface area (Å²) in [5.74, 6) is -0.261. The van der Waals surface area contributed by atoms with Gasteiger partial charge in [-0.15, -0.1) is 5.10 Å². The molecule has 1 amide bonds. The van der Waals surface area contributed by atoms with E-state index in [4.69, 9.17) is 15.2 Å². The highest BCUT2D eigenvalue weighted by molar-refractivity contribution is 6.05. The van der Waals surface area contributed by atoms with Crippen LogP contribution in [0.4, 0.5) is 5.82 Å². The van der Waals surface area contributed by atoms with Crippen molar-refractivity contribution in [1.29, 1.82) is 0 Å². The van der Waals surface area contributed by atoms with Crippen molar-refractivity contribution >= 4 is 17.5 Å². The lowest BCUT2D eigenvalue weighted by atomic mass is 9.92. The number of ketones is 1. The summed E-state index contributed by atoms with van der Waals surface area (Å²) in [6.45, 7) is 2.49. The van der Waals surface area contributed by atoms with Crippen molar-refractivity contribution in [3.63, 3.8) is 0 Å². The number of carbonyl (C=O) groups is 2. The van der Waals surface area contributed by atoms with E-state index in [1.165, 1.54) is 4.68 Å². The number of amides is 1. The van der Waals surface area contributed by atoms with Gasteiger partial charge in [-0.25, -0.2) is 4.68 Å². The third-order valence-corrected chi connectivity index (χ3v) is 5.59. The van der Waals surface area contributed by atoms with E-state index in [1.54, 1.807) is 19.2 Å². The van der Waals surface area contributed by atoms with Crippen molar-refractivity contribution in [2.75, 3.05) is 26.1 Å². The number of nitrogen functional groups attached to an aromatic ring is 1. The zero-order valence-electron chi connectivity index (χ0n) is 18.3. The third-order valence-electron chi connectivity index (χ3n) is 5.59. The number of hydrogen-bond acceptors (Lipinski definition) is 6. The lowest BCUT2D eigenvalue weighted by Crippen LogP contribution is -2.25. The van der Waals surface area contributed by atoms with Crippen molar-refractivity contribution in [3.8, 4) is 11.6 Å². The molecule has 0 bridgehead atoms. The first-order valence-electron chi connectivity index (χ1n) is 10.8. The molecule has 1 saturated carbocycles. The van der Waals surface area contributed by atoms with E-state index in [9.17, 15) is 9.59 Å². The molecule has 4 rings (SSSR count). The van der Waals surface area contributed by atoms with Crippen LogP contribution < -0.4 is 15.8 Å². The SMILES string of the molecule is COCCOc1nn(-c2cc(C(=O)NC3CC3)ccc2C)c(N)c1C(=O)C1C=CC=CC1. The Hall–Kier alpha value is -3.39. The Balaban J connectivity index is 1.72. The number of nitrogens with one attached hydrogen (secondary N) is 1. The molecule has 0 spiro atoms. The minimum Gasteiger partial charge on any atom is -0.474 e. The number of rotatable bonds is 9. The zero-order valence-corrected chi connectivity index (χ0v) is 18.3. The standard InChI is InChI=1S/C24H28N4O4/c1-15-8-9-17(23(30)26-18-10-11-18)14-19(15)28-22(25)20(24(27-28)32-13-12-31-2)21(29)16-6-4-3-5-7-16/h3-6,8-9,14,16,18H,7,10-13,25H2,1-2H3,(H,26,30). The largest absolute Gasteiger partial charge is 0.474 e. The molecule has 0 aliphatic heterocycles. The predicted octanol–water partition coefficient (Wildman–Crippen LogP) is 3.00. The van der Waals surface area contributed by atoms with Gasteiger partial charge in [-0.2, -0.15) is 0 Å². The summed E-state index contributed by atoms with van der Waals surface area (Å²) in [6, 6.07) is 5.62. The van der Waals surface area contributed by atoms with Crippen LogP contribution in [0, 0.1) is 12.8 Å². The number of carbonyl (C=O) groups excluding carboxylic acids is 2. The van der Waals surface area contributed by atoms with Crippen molar-refractivity contribution < 1.29 is 19.1 Å². The zero-order chi connectivity index (χ0) is 22.7. The molecule has 3 N–H and O–H groups in total. The number of Topliss-reactive ketones (excluding diaryl/α,β-unsaturated/α-hetero) is 1. The van der Waals surface area contributed by atoms with Crippen LogP contribution in [0.1, 0.15) is 45.5 Å². The molecule has 32 heavy (non-hydrogen) atoms. The molecule has 1 fully saturated rings. The maximum atomic E-state index is 13.3. The highest BCUT2D eigenvalue weighted by atomic mass is 16.5. The predicted molar refractivity (Wildman–Crippen MR) is 121 cm³/mol. The summed E-state index contributed by atoms with van der Waals surface area (Å²) in [4.78, 5) is 25.9. The van der Waals surface area contributed by atoms with Gasteiger partial charge in [0.25, 0.3) is 5.91 Å². The fourth-order valence-electron chi connectivity index (χ4n) is 3.58. The summed E-state index contributed by atoms with van der Waals surface area (Å²) in [5, 5.41) is 7.51. The average Bonchev–Trinajstić information content (AvgIpc) is 3.56. The van der Waals surface area contributed by atoms with Crippen LogP contribution in [0.2, 0.25) is 0 Å².